The van der Waals surface area contributed by atoms with Crippen molar-refractivity contribution in [3.8, 4) is 16.9 Å². The number of amides is 1. The lowest BCUT2D eigenvalue weighted by atomic mass is 10.0. The molecule has 29 heavy (non-hydrogen) atoms. The van der Waals surface area contributed by atoms with Gasteiger partial charge in [0, 0.05) is 18.3 Å². The summed E-state index contributed by atoms with van der Waals surface area (Å²) in [6, 6.07) is 18.8. The molecule has 0 saturated heterocycles. The van der Waals surface area contributed by atoms with E-state index in [2.05, 4.69) is 30.2 Å². The first-order valence-electron chi connectivity index (χ1n) is 9.15. The van der Waals surface area contributed by atoms with Gasteiger partial charge in [-0.3, -0.25) is 10.2 Å². The fraction of sp³-hybridized carbons (Fsp3) is 0.174. The summed E-state index contributed by atoms with van der Waals surface area (Å²) in [6.07, 6.45) is 0.403. The molecular formula is C23H26FN3O2. The Morgan fingerprint density at radius 1 is 1.03 bits per heavy atom. The molecule has 3 aromatic rings. The highest BCUT2D eigenvalue weighted by molar-refractivity contribution is 5.66. The Hall–Kier alpha value is -3.38. The summed E-state index contributed by atoms with van der Waals surface area (Å²) < 4.78 is 19.2. The highest BCUT2D eigenvalue weighted by Gasteiger charge is 2.07. The van der Waals surface area contributed by atoms with Crippen LogP contribution in [0.2, 0.25) is 0 Å². The lowest BCUT2D eigenvalue weighted by Crippen LogP contribution is -2.18. The summed E-state index contributed by atoms with van der Waals surface area (Å²) in [5, 5.41) is 3.21. The number of hydrogen-bond donors (Lipinski definition) is 3. The first-order chi connectivity index (χ1) is 14.0. The molecule has 0 aliphatic carbocycles. The number of benzene rings is 3. The highest BCUT2D eigenvalue weighted by Crippen LogP contribution is 2.28. The molecule has 6 heteroatoms. The van der Waals surface area contributed by atoms with Gasteiger partial charge in [-0.2, -0.15) is 0 Å². The van der Waals surface area contributed by atoms with Crippen LogP contribution in [0.5, 0.6) is 5.75 Å². The highest BCUT2D eigenvalue weighted by atomic mass is 19.1. The molecule has 3 aromatic carbocycles. The van der Waals surface area contributed by atoms with Crippen LogP contribution in [0.3, 0.4) is 0 Å². The molecule has 4 N–H and O–H groups in total. The van der Waals surface area contributed by atoms with Gasteiger partial charge in [0.15, 0.2) is 0 Å². The van der Waals surface area contributed by atoms with Crippen LogP contribution in [0.25, 0.3) is 11.1 Å². The second kappa shape index (κ2) is 10.8. The van der Waals surface area contributed by atoms with E-state index in [4.69, 9.17) is 9.53 Å². The van der Waals surface area contributed by atoms with Crippen LogP contribution in [-0.2, 0) is 11.4 Å². The third-order valence-electron chi connectivity index (χ3n) is 4.36. The summed E-state index contributed by atoms with van der Waals surface area (Å²) in [4.78, 5) is 8.94. The quantitative estimate of drug-likeness (QED) is 0.251. The molecule has 152 valence electrons. The van der Waals surface area contributed by atoms with Crippen molar-refractivity contribution in [2.45, 2.75) is 20.5 Å². The van der Waals surface area contributed by atoms with Gasteiger partial charge in [0.25, 0.3) is 0 Å². The predicted octanol–water partition coefficient (Wildman–Crippen LogP) is 4.34. The Morgan fingerprint density at radius 3 is 2.34 bits per heavy atom. The van der Waals surface area contributed by atoms with Crippen LogP contribution in [0.1, 0.15) is 16.7 Å². The normalized spacial score (nSPS) is 9.83. The third-order valence-corrected chi connectivity index (χ3v) is 4.36. The molecule has 0 unspecified atom stereocenters. The van der Waals surface area contributed by atoms with Gasteiger partial charge < -0.3 is 10.1 Å². The molecule has 0 bridgehead atoms. The zero-order valence-corrected chi connectivity index (χ0v) is 16.8. The Bertz CT molecular complexity index is 943. The van der Waals surface area contributed by atoms with Gasteiger partial charge in [0.1, 0.15) is 18.2 Å². The summed E-state index contributed by atoms with van der Waals surface area (Å²) in [5.74, 6) is 4.99. The van der Waals surface area contributed by atoms with E-state index in [0.29, 0.717) is 13.0 Å². The van der Waals surface area contributed by atoms with Crippen molar-refractivity contribution < 1.29 is 13.9 Å². The molecule has 0 atom stereocenters. The molecule has 0 aromatic heterocycles. The van der Waals surface area contributed by atoms with Crippen molar-refractivity contribution in [2.24, 2.45) is 5.84 Å². The summed E-state index contributed by atoms with van der Waals surface area (Å²) in [7, 11) is 1.91. The lowest BCUT2D eigenvalue weighted by molar-refractivity contribution is -0.109. The minimum Gasteiger partial charge on any atom is -0.489 e. The van der Waals surface area contributed by atoms with Crippen molar-refractivity contribution in [1.82, 2.24) is 5.43 Å². The first kappa shape index (κ1) is 21.9. The minimum absolute atomic E-state index is 0.230. The molecule has 3 rings (SSSR count). The maximum atomic E-state index is 13.1. The molecule has 1 amide bonds. The maximum Gasteiger partial charge on any atom is 0.221 e. The third kappa shape index (κ3) is 6.33. The monoisotopic (exact) mass is 395 g/mol. The van der Waals surface area contributed by atoms with Gasteiger partial charge in [0.2, 0.25) is 6.41 Å². The van der Waals surface area contributed by atoms with E-state index in [1.165, 1.54) is 17.7 Å². The molecule has 0 spiro atoms. The molecule has 0 saturated carbocycles. The van der Waals surface area contributed by atoms with Crippen molar-refractivity contribution in [1.29, 1.82) is 0 Å². The number of rotatable bonds is 6. The largest absolute Gasteiger partial charge is 0.489 e. The van der Waals surface area contributed by atoms with Crippen LogP contribution in [0.4, 0.5) is 10.1 Å². The van der Waals surface area contributed by atoms with Crippen LogP contribution in [-0.4, -0.2) is 13.5 Å². The average molecular weight is 395 g/mol. The first-order valence-corrected chi connectivity index (χ1v) is 9.15. The molecule has 0 fully saturated rings. The number of hydrazine groups is 1. The van der Waals surface area contributed by atoms with Gasteiger partial charge in [-0.15, -0.1) is 0 Å². The molecular weight excluding hydrogens is 369 g/mol. The summed E-state index contributed by atoms with van der Waals surface area (Å²) in [5.41, 5.74) is 8.27. The predicted molar refractivity (Wildman–Crippen MR) is 115 cm³/mol. The molecule has 0 aliphatic heterocycles. The van der Waals surface area contributed by atoms with Crippen LogP contribution in [0.15, 0.2) is 60.7 Å². The van der Waals surface area contributed by atoms with Crippen molar-refractivity contribution in [3.05, 3.63) is 83.2 Å². The van der Waals surface area contributed by atoms with Gasteiger partial charge >= 0.3 is 0 Å². The molecule has 0 heterocycles. The van der Waals surface area contributed by atoms with Crippen molar-refractivity contribution in [3.63, 3.8) is 0 Å². The van der Waals surface area contributed by atoms with Crippen molar-refractivity contribution in [2.75, 3.05) is 12.4 Å². The summed E-state index contributed by atoms with van der Waals surface area (Å²) >= 11 is 0. The van der Waals surface area contributed by atoms with Gasteiger partial charge in [0.05, 0.1) is 0 Å². The van der Waals surface area contributed by atoms with Crippen LogP contribution in [0, 0.1) is 19.7 Å². The number of aryl methyl sites for hydroxylation is 2. The number of nitrogens with two attached hydrogens (primary N) is 1. The van der Waals surface area contributed by atoms with E-state index in [1.807, 2.05) is 38.2 Å². The van der Waals surface area contributed by atoms with Crippen LogP contribution >= 0.6 is 0 Å². The van der Waals surface area contributed by atoms with Crippen molar-refractivity contribution >= 4 is 12.1 Å². The van der Waals surface area contributed by atoms with Gasteiger partial charge in [-0.1, -0.05) is 30.3 Å². The standard InChI is InChI=1S/C22H22FNO.CH4N2O/c1-15-11-18(17-7-9-19(23)10-8-17)13-20(12-15)25-14-21-16(2)5-4-6-22(21)24-3;2-3-1-4/h4-13,24H,14H2,1-3H3;1H,2H2,(H,3,4). The molecule has 0 radical (unpaired) electrons. The Balaban J connectivity index is 0.000000687. The second-order valence-electron chi connectivity index (χ2n) is 6.47. The van der Waals surface area contributed by atoms with E-state index in [1.54, 1.807) is 17.6 Å². The molecule has 5 nitrogen and oxygen atoms in total. The number of anilines is 1. The van der Waals surface area contributed by atoms with E-state index >= 15 is 0 Å². The Labute approximate surface area is 170 Å². The number of hydrogen-bond acceptors (Lipinski definition) is 4. The fourth-order valence-corrected chi connectivity index (χ4v) is 2.92. The van der Waals surface area contributed by atoms with E-state index < -0.39 is 0 Å². The lowest BCUT2D eigenvalue weighted by Gasteiger charge is -2.14. The zero-order chi connectivity index (χ0) is 21.2. The summed E-state index contributed by atoms with van der Waals surface area (Å²) in [6.45, 7) is 4.61. The fourth-order valence-electron chi connectivity index (χ4n) is 2.92. The number of carbonyl (C=O) groups excluding carboxylic acids is 1. The number of halogens is 1. The topological polar surface area (TPSA) is 76.4 Å². The second-order valence-corrected chi connectivity index (χ2v) is 6.47. The smallest absolute Gasteiger partial charge is 0.221 e. The Morgan fingerprint density at radius 2 is 1.72 bits per heavy atom. The maximum absolute atomic E-state index is 13.1. The van der Waals surface area contributed by atoms with Gasteiger partial charge in [-0.05, 0) is 66.4 Å². The van der Waals surface area contributed by atoms with E-state index in [-0.39, 0.29) is 5.82 Å². The van der Waals surface area contributed by atoms with E-state index in [9.17, 15) is 4.39 Å². The SMILES string of the molecule is CNc1cccc(C)c1COc1cc(C)cc(-c2ccc(F)cc2)c1.NNC=O. The number of ether oxygens (including phenoxy) is 1. The minimum atomic E-state index is -0.230. The average Bonchev–Trinajstić information content (AvgIpc) is 2.73. The van der Waals surface area contributed by atoms with E-state index in [0.717, 1.165) is 33.7 Å². The Kier molecular flexibility index (Phi) is 8.18. The molecule has 0 aliphatic rings. The number of carbonyl (C=O) groups is 1. The number of nitrogens with one attached hydrogen (secondary N) is 2. The zero-order valence-electron chi connectivity index (χ0n) is 16.8. The van der Waals surface area contributed by atoms with Gasteiger partial charge in [-0.25, -0.2) is 10.2 Å². The van der Waals surface area contributed by atoms with Crippen LogP contribution < -0.4 is 21.3 Å².